The summed E-state index contributed by atoms with van der Waals surface area (Å²) in [6.07, 6.45) is 3.62. The minimum Gasteiger partial charge on any atom is -0.392 e. The largest absolute Gasteiger partial charge is 0.392 e. The molecule has 0 spiro atoms. The molecule has 1 saturated heterocycles. The molecular weight excluding hydrogens is 156 g/mol. The van der Waals surface area contributed by atoms with Crippen LogP contribution >= 0.6 is 0 Å². The first-order valence-corrected chi connectivity index (χ1v) is 4.32. The van der Waals surface area contributed by atoms with Crippen molar-refractivity contribution in [3.8, 4) is 0 Å². The van der Waals surface area contributed by atoms with Gasteiger partial charge >= 0.3 is 0 Å². The smallest absolute Gasteiger partial charge is 0.158 e. The van der Waals surface area contributed by atoms with E-state index in [0.29, 0.717) is 13.2 Å². The quantitative estimate of drug-likeness (QED) is 0.645. The maximum atomic E-state index is 8.59. The number of ether oxygens (including phenoxy) is 2. The Morgan fingerprint density at radius 1 is 1.50 bits per heavy atom. The number of aliphatic hydroxyl groups excluding tert-OH is 1. The summed E-state index contributed by atoms with van der Waals surface area (Å²) in [7, 11) is 0. The fourth-order valence-corrected chi connectivity index (χ4v) is 1.18. The molecule has 3 nitrogen and oxygen atoms in total. The Kier molecular flexibility index (Phi) is 4.29. The van der Waals surface area contributed by atoms with E-state index in [2.05, 4.69) is 0 Å². The summed E-state index contributed by atoms with van der Waals surface area (Å²) in [6.45, 7) is 3.56. The van der Waals surface area contributed by atoms with Gasteiger partial charge in [0.25, 0.3) is 0 Å². The lowest BCUT2D eigenvalue weighted by Crippen LogP contribution is -2.06. The number of aliphatic hydroxyl groups is 1. The van der Waals surface area contributed by atoms with Gasteiger partial charge in [-0.1, -0.05) is 11.6 Å². The summed E-state index contributed by atoms with van der Waals surface area (Å²) in [5, 5.41) is 8.59. The lowest BCUT2D eigenvalue weighted by molar-refractivity contribution is -0.0462. The molecular formula is C9H16O3. The van der Waals surface area contributed by atoms with E-state index in [1.807, 2.05) is 13.0 Å². The second-order valence-corrected chi connectivity index (χ2v) is 2.94. The summed E-state index contributed by atoms with van der Waals surface area (Å²) in [6, 6.07) is 0. The minimum absolute atomic E-state index is 0.0213. The number of hydrogen-bond donors (Lipinski definition) is 1. The van der Waals surface area contributed by atoms with E-state index in [-0.39, 0.29) is 12.9 Å². The zero-order chi connectivity index (χ0) is 8.81. The van der Waals surface area contributed by atoms with E-state index in [1.165, 1.54) is 5.57 Å². The molecule has 0 aliphatic carbocycles. The van der Waals surface area contributed by atoms with Crippen molar-refractivity contribution in [3.05, 3.63) is 11.6 Å². The molecule has 0 amide bonds. The monoisotopic (exact) mass is 172 g/mol. The summed E-state index contributed by atoms with van der Waals surface area (Å²) >= 11 is 0. The Bertz CT molecular complexity index is 148. The van der Waals surface area contributed by atoms with Crippen LogP contribution in [-0.2, 0) is 9.47 Å². The summed E-state index contributed by atoms with van der Waals surface area (Å²) in [4.78, 5) is 0. The highest BCUT2D eigenvalue weighted by Gasteiger charge is 2.14. The molecule has 70 valence electrons. The maximum Gasteiger partial charge on any atom is 0.158 e. The Balaban J connectivity index is 2.11. The maximum absolute atomic E-state index is 8.59. The van der Waals surface area contributed by atoms with Crippen molar-refractivity contribution in [1.29, 1.82) is 0 Å². The summed E-state index contributed by atoms with van der Waals surface area (Å²) in [5.41, 5.74) is 1.19. The van der Waals surface area contributed by atoms with Crippen LogP contribution in [0.1, 0.15) is 19.8 Å². The average molecular weight is 172 g/mol. The van der Waals surface area contributed by atoms with E-state index in [1.54, 1.807) is 0 Å². The van der Waals surface area contributed by atoms with Crippen LogP contribution in [0.5, 0.6) is 0 Å². The van der Waals surface area contributed by atoms with Gasteiger partial charge in [-0.3, -0.25) is 0 Å². The second-order valence-electron chi connectivity index (χ2n) is 2.94. The van der Waals surface area contributed by atoms with Gasteiger partial charge in [-0.15, -0.1) is 0 Å². The van der Waals surface area contributed by atoms with Crippen LogP contribution in [0.2, 0.25) is 0 Å². The third-order valence-corrected chi connectivity index (χ3v) is 1.90. The Morgan fingerprint density at radius 3 is 2.75 bits per heavy atom. The zero-order valence-electron chi connectivity index (χ0n) is 7.45. The van der Waals surface area contributed by atoms with Gasteiger partial charge in [0.1, 0.15) is 0 Å². The molecule has 1 N–H and O–H groups in total. The fourth-order valence-electron chi connectivity index (χ4n) is 1.18. The van der Waals surface area contributed by atoms with Crippen LogP contribution in [0, 0.1) is 0 Å². The van der Waals surface area contributed by atoms with Crippen LogP contribution in [0.25, 0.3) is 0 Å². The van der Waals surface area contributed by atoms with E-state index < -0.39 is 0 Å². The highest BCUT2D eigenvalue weighted by Crippen LogP contribution is 2.13. The van der Waals surface area contributed by atoms with Crippen LogP contribution < -0.4 is 0 Å². The van der Waals surface area contributed by atoms with Crippen molar-refractivity contribution in [2.75, 3.05) is 19.8 Å². The van der Waals surface area contributed by atoms with Gasteiger partial charge in [0.15, 0.2) is 6.29 Å². The van der Waals surface area contributed by atoms with Crippen molar-refractivity contribution >= 4 is 0 Å². The van der Waals surface area contributed by atoms with Crippen LogP contribution in [0.3, 0.4) is 0 Å². The standard InChI is InChI=1S/C9H16O3/c1-8(4-5-10)2-3-9-11-6-7-12-9/h4,9-10H,2-3,5-7H2,1H3. The first-order valence-electron chi connectivity index (χ1n) is 4.32. The van der Waals surface area contributed by atoms with Gasteiger partial charge in [0, 0.05) is 6.42 Å². The SMILES string of the molecule is CC(=CCO)CCC1OCCO1. The van der Waals surface area contributed by atoms with Crippen LogP contribution in [0.4, 0.5) is 0 Å². The van der Waals surface area contributed by atoms with Crippen molar-refractivity contribution in [2.24, 2.45) is 0 Å². The van der Waals surface area contributed by atoms with Gasteiger partial charge in [-0.25, -0.2) is 0 Å². The van der Waals surface area contributed by atoms with Crippen molar-refractivity contribution in [1.82, 2.24) is 0 Å². The molecule has 1 aliphatic heterocycles. The van der Waals surface area contributed by atoms with Crippen LogP contribution in [0.15, 0.2) is 11.6 Å². The van der Waals surface area contributed by atoms with Crippen molar-refractivity contribution in [3.63, 3.8) is 0 Å². The molecule has 12 heavy (non-hydrogen) atoms. The lowest BCUT2D eigenvalue weighted by atomic mass is 10.1. The number of hydrogen-bond acceptors (Lipinski definition) is 3. The molecule has 1 heterocycles. The Morgan fingerprint density at radius 2 is 2.17 bits per heavy atom. The Hall–Kier alpha value is -0.380. The topological polar surface area (TPSA) is 38.7 Å². The van der Waals surface area contributed by atoms with Crippen molar-refractivity contribution < 1.29 is 14.6 Å². The van der Waals surface area contributed by atoms with E-state index in [4.69, 9.17) is 14.6 Å². The molecule has 0 unspecified atom stereocenters. The highest BCUT2D eigenvalue weighted by atomic mass is 16.7. The van der Waals surface area contributed by atoms with E-state index in [9.17, 15) is 0 Å². The van der Waals surface area contributed by atoms with Gasteiger partial charge in [0.05, 0.1) is 19.8 Å². The number of allylic oxidation sites excluding steroid dienone is 1. The third-order valence-electron chi connectivity index (χ3n) is 1.90. The predicted octanol–water partition coefficient (Wildman–Crippen LogP) is 1.08. The zero-order valence-corrected chi connectivity index (χ0v) is 7.45. The molecule has 3 heteroatoms. The first-order chi connectivity index (χ1) is 5.83. The Labute approximate surface area is 73.0 Å². The minimum atomic E-state index is -0.0213. The van der Waals surface area contributed by atoms with Gasteiger partial charge < -0.3 is 14.6 Å². The number of rotatable bonds is 4. The summed E-state index contributed by atoms with van der Waals surface area (Å²) < 4.78 is 10.5. The van der Waals surface area contributed by atoms with E-state index in [0.717, 1.165) is 12.8 Å². The average Bonchev–Trinajstić information content (AvgIpc) is 2.53. The van der Waals surface area contributed by atoms with Gasteiger partial charge in [0.2, 0.25) is 0 Å². The normalized spacial score (nSPS) is 20.3. The molecule has 0 aromatic rings. The molecule has 1 rings (SSSR count). The highest BCUT2D eigenvalue weighted by molar-refractivity contribution is 4.97. The molecule has 1 aliphatic rings. The molecule has 0 radical (unpaired) electrons. The molecule has 0 atom stereocenters. The molecule has 0 aromatic carbocycles. The van der Waals surface area contributed by atoms with Gasteiger partial charge in [-0.2, -0.15) is 0 Å². The fraction of sp³-hybridized carbons (Fsp3) is 0.778. The molecule has 0 aromatic heterocycles. The molecule has 1 fully saturated rings. The summed E-state index contributed by atoms with van der Waals surface area (Å²) in [5.74, 6) is 0. The first kappa shape index (κ1) is 9.71. The molecule has 0 saturated carbocycles. The predicted molar refractivity (Wildman–Crippen MR) is 45.8 cm³/mol. The van der Waals surface area contributed by atoms with E-state index >= 15 is 0 Å². The molecule has 0 bridgehead atoms. The van der Waals surface area contributed by atoms with Crippen molar-refractivity contribution in [2.45, 2.75) is 26.1 Å². The lowest BCUT2D eigenvalue weighted by Gasteiger charge is -2.08. The third kappa shape index (κ3) is 3.34. The second kappa shape index (κ2) is 5.30. The van der Waals surface area contributed by atoms with Gasteiger partial charge in [-0.05, 0) is 13.3 Å². The van der Waals surface area contributed by atoms with Crippen LogP contribution in [-0.4, -0.2) is 31.2 Å².